The Hall–Kier alpha value is -1.93. The van der Waals surface area contributed by atoms with E-state index in [0.29, 0.717) is 11.7 Å². The molecular formula is C18H17NO. The molecule has 2 atom stereocenters. The first-order chi connectivity index (χ1) is 9.83. The number of benzene rings is 2. The molecule has 2 heteroatoms. The maximum Gasteiger partial charge on any atom is 0.168 e. The van der Waals surface area contributed by atoms with Gasteiger partial charge in [0.1, 0.15) is 0 Å². The second-order valence-corrected chi connectivity index (χ2v) is 5.84. The van der Waals surface area contributed by atoms with Gasteiger partial charge in [-0.15, -0.1) is 0 Å². The van der Waals surface area contributed by atoms with Crippen molar-refractivity contribution < 1.29 is 4.79 Å². The van der Waals surface area contributed by atoms with E-state index in [1.54, 1.807) is 0 Å². The molecule has 100 valence electrons. The summed E-state index contributed by atoms with van der Waals surface area (Å²) in [6, 6.07) is 18.6. The predicted octanol–water partition coefficient (Wildman–Crippen LogP) is 3.10. The fourth-order valence-electron chi connectivity index (χ4n) is 3.68. The number of fused-ring (bicyclic) bond motifs is 3. The number of ketones is 1. The molecule has 0 amide bonds. The Labute approximate surface area is 119 Å². The first-order valence-corrected chi connectivity index (χ1v) is 7.22. The molecule has 0 spiro atoms. The molecule has 1 aliphatic carbocycles. The number of carbonyl (C=O) groups excluding carboxylic acids is 1. The van der Waals surface area contributed by atoms with Gasteiger partial charge in [0.25, 0.3) is 0 Å². The Morgan fingerprint density at radius 1 is 0.900 bits per heavy atom. The normalized spacial score (nSPS) is 24.7. The van der Waals surface area contributed by atoms with Crippen LogP contribution in [0.3, 0.4) is 0 Å². The number of nitrogens with zero attached hydrogens (tertiary/aromatic N) is 1. The molecule has 0 bridgehead atoms. The Morgan fingerprint density at radius 2 is 1.60 bits per heavy atom. The van der Waals surface area contributed by atoms with Crippen LogP contribution < -0.4 is 0 Å². The summed E-state index contributed by atoms with van der Waals surface area (Å²) in [5.41, 5.74) is 3.55. The van der Waals surface area contributed by atoms with Crippen molar-refractivity contribution in [3.8, 4) is 0 Å². The number of hydrogen-bond acceptors (Lipinski definition) is 2. The Morgan fingerprint density at radius 3 is 2.45 bits per heavy atom. The molecule has 0 aromatic heterocycles. The van der Waals surface area contributed by atoms with Crippen LogP contribution in [0.4, 0.5) is 0 Å². The van der Waals surface area contributed by atoms with Gasteiger partial charge in [0.05, 0.1) is 0 Å². The molecule has 0 unspecified atom stereocenters. The molecule has 0 radical (unpaired) electrons. The molecule has 1 heterocycles. The highest BCUT2D eigenvalue weighted by atomic mass is 16.1. The van der Waals surface area contributed by atoms with Crippen LogP contribution in [0.2, 0.25) is 0 Å². The maximum absolute atomic E-state index is 12.4. The number of rotatable bonds is 2. The Bertz CT molecular complexity index is 649. The van der Waals surface area contributed by atoms with Crippen molar-refractivity contribution in [3.05, 3.63) is 71.3 Å². The van der Waals surface area contributed by atoms with Crippen LogP contribution in [0, 0.1) is 5.92 Å². The van der Waals surface area contributed by atoms with Gasteiger partial charge in [-0.25, -0.2) is 0 Å². The van der Waals surface area contributed by atoms with Gasteiger partial charge >= 0.3 is 0 Å². The van der Waals surface area contributed by atoms with E-state index >= 15 is 0 Å². The van der Waals surface area contributed by atoms with Gasteiger partial charge in [-0.2, -0.15) is 0 Å². The smallest absolute Gasteiger partial charge is 0.168 e. The van der Waals surface area contributed by atoms with E-state index in [9.17, 15) is 4.79 Å². The van der Waals surface area contributed by atoms with E-state index in [4.69, 9.17) is 0 Å². The molecule has 0 N–H and O–H groups in total. The maximum atomic E-state index is 12.4. The van der Waals surface area contributed by atoms with E-state index in [0.717, 1.165) is 25.2 Å². The summed E-state index contributed by atoms with van der Waals surface area (Å²) in [5, 5.41) is 0. The largest absolute Gasteiger partial charge is 0.298 e. The highest BCUT2D eigenvalue weighted by Crippen LogP contribution is 2.42. The van der Waals surface area contributed by atoms with E-state index in [-0.39, 0.29) is 5.92 Å². The summed E-state index contributed by atoms with van der Waals surface area (Å²) in [7, 11) is 0. The zero-order chi connectivity index (χ0) is 13.5. The SMILES string of the molecule is O=C1c2ccccc2[C@H]2CN(Cc3ccccc3)C[C@@H]12. The molecule has 1 aliphatic heterocycles. The average Bonchev–Trinajstić information content (AvgIpc) is 3.01. The van der Waals surface area contributed by atoms with E-state index in [1.165, 1.54) is 11.1 Å². The summed E-state index contributed by atoms with van der Waals surface area (Å²) in [6.45, 7) is 2.85. The van der Waals surface area contributed by atoms with Gasteiger partial charge < -0.3 is 0 Å². The average molecular weight is 263 g/mol. The molecule has 4 rings (SSSR count). The minimum absolute atomic E-state index is 0.177. The number of Topliss-reactive ketones (excluding diaryl/α,β-unsaturated/α-hetero) is 1. The van der Waals surface area contributed by atoms with Crippen molar-refractivity contribution in [1.82, 2.24) is 4.90 Å². The van der Waals surface area contributed by atoms with E-state index < -0.39 is 0 Å². The first kappa shape index (κ1) is 11.9. The molecule has 2 nitrogen and oxygen atoms in total. The zero-order valence-electron chi connectivity index (χ0n) is 11.3. The second kappa shape index (κ2) is 4.57. The van der Waals surface area contributed by atoms with Crippen LogP contribution in [0.25, 0.3) is 0 Å². The predicted molar refractivity (Wildman–Crippen MR) is 78.7 cm³/mol. The van der Waals surface area contributed by atoms with Crippen LogP contribution >= 0.6 is 0 Å². The van der Waals surface area contributed by atoms with Crippen molar-refractivity contribution in [2.75, 3.05) is 13.1 Å². The summed E-state index contributed by atoms with van der Waals surface area (Å²) in [6.07, 6.45) is 0. The quantitative estimate of drug-likeness (QED) is 0.830. The van der Waals surface area contributed by atoms with Crippen molar-refractivity contribution in [2.24, 2.45) is 5.92 Å². The molecule has 2 aromatic rings. The lowest BCUT2D eigenvalue weighted by molar-refractivity contribution is 0.0931. The number of likely N-dealkylation sites (tertiary alicyclic amines) is 1. The van der Waals surface area contributed by atoms with Crippen LogP contribution in [-0.4, -0.2) is 23.8 Å². The Balaban J connectivity index is 1.57. The van der Waals surface area contributed by atoms with Crippen molar-refractivity contribution in [1.29, 1.82) is 0 Å². The third-order valence-electron chi connectivity index (χ3n) is 4.61. The van der Waals surface area contributed by atoms with Crippen molar-refractivity contribution >= 4 is 5.78 Å². The number of hydrogen-bond donors (Lipinski definition) is 0. The summed E-state index contributed by atoms with van der Waals surface area (Å²) >= 11 is 0. The standard InChI is InChI=1S/C18H17NO/c20-18-15-9-5-4-8-14(15)16-11-19(12-17(16)18)10-13-6-2-1-3-7-13/h1-9,16-17H,10-12H2/t16-,17-/m1/s1. The van der Waals surface area contributed by atoms with Crippen molar-refractivity contribution in [2.45, 2.75) is 12.5 Å². The van der Waals surface area contributed by atoms with E-state index in [1.807, 2.05) is 24.3 Å². The summed E-state index contributed by atoms with van der Waals surface area (Å²) in [5.74, 6) is 0.930. The fraction of sp³-hybridized carbons (Fsp3) is 0.278. The molecule has 2 aromatic carbocycles. The highest BCUT2D eigenvalue weighted by molar-refractivity contribution is 6.03. The van der Waals surface area contributed by atoms with E-state index in [2.05, 4.69) is 35.2 Å². The fourth-order valence-corrected chi connectivity index (χ4v) is 3.68. The third kappa shape index (κ3) is 1.80. The van der Waals surface area contributed by atoms with Gasteiger partial charge in [0.2, 0.25) is 0 Å². The summed E-state index contributed by atoms with van der Waals surface area (Å²) in [4.78, 5) is 14.9. The molecule has 2 aliphatic rings. The summed E-state index contributed by atoms with van der Waals surface area (Å²) < 4.78 is 0. The molecule has 1 saturated heterocycles. The lowest BCUT2D eigenvalue weighted by Gasteiger charge is -2.17. The molecule has 0 saturated carbocycles. The van der Waals surface area contributed by atoms with Crippen LogP contribution in [0.5, 0.6) is 0 Å². The minimum atomic E-state index is 0.177. The molecule has 1 fully saturated rings. The third-order valence-corrected chi connectivity index (χ3v) is 4.61. The van der Waals surface area contributed by atoms with Gasteiger partial charge in [-0.3, -0.25) is 9.69 Å². The lowest BCUT2D eigenvalue weighted by atomic mass is 9.96. The van der Waals surface area contributed by atoms with Gasteiger partial charge in [-0.1, -0.05) is 54.6 Å². The van der Waals surface area contributed by atoms with Gasteiger partial charge in [-0.05, 0) is 11.1 Å². The van der Waals surface area contributed by atoms with Crippen LogP contribution in [0.15, 0.2) is 54.6 Å². The topological polar surface area (TPSA) is 20.3 Å². The highest BCUT2D eigenvalue weighted by Gasteiger charge is 2.45. The molecule has 20 heavy (non-hydrogen) atoms. The van der Waals surface area contributed by atoms with Crippen LogP contribution in [-0.2, 0) is 6.54 Å². The Kier molecular flexibility index (Phi) is 2.71. The van der Waals surface area contributed by atoms with Crippen LogP contribution in [0.1, 0.15) is 27.4 Å². The second-order valence-electron chi connectivity index (χ2n) is 5.84. The van der Waals surface area contributed by atoms with Crippen molar-refractivity contribution in [3.63, 3.8) is 0 Å². The zero-order valence-corrected chi connectivity index (χ0v) is 11.3. The minimum Gasteiger partial charge on any atom is -0.298 e. The van der Waals surface area contributed by atoms with Gasteiger partial charge in [0.15, 0.2) is 5.78 Å². The first-order valence-electron chi connectivity index (χ1n) is 7.22. The molecular weight excluding hydrogens is 246 g/mol. The monoisotopic (exact) mass is 263 g/mol. The lowest BCUT2D eigenvalue weighted by Crippen LogP contribution is -2.22. The number of carbonyl (C=O) groups is 1. The van der Waals surface area contributed by atoms with Gasteiger partial charge in [0, 0.05) is 37.0 Å².